The topological polar surface area (TPSA) is 66.8 Å². The molecule has 1 N–H and O–H groups in total. The van der Waals surface area contributed by atoms with E-state index < -0.39 is 11.5 Å². The van der Waals surface area contributed by atoms with Crippen molar-refractivity contribution in [2.24, 2.45) is 0 Å². The van der Waals surface area contributed by atoms with E-state index in [0.717, 1.165) is 0 Å². The second-order valence-corrected chi connectivity index (χ2v) is 7.86. The number of Topliss-reactive ketones (excluding diaryl/α,β-unsaturated/α-hetero) is 1. The van der Waals surface area contributed by atoms with Crippen LogP contribution in [-0.4, -0.2) is 29.9 Å². The van der Waals surface area contributed by atoms with E-state index in [1.165, 1.54) is 17.9 Å². The van der Waals surface area contributed by atoms with Crippen molar-refractivity contribution in [3.05, 3.63) is 57.0 Å². The predicted molar refractivity (Wildman–Crippen MR) is 110 cm³/mol. The van der Waals surface area contributed by atoms with Gasteiger partial charge < -0.3 is 14.7 Å². The van der Waals surface area contributed by atoms with Gasteiger partial charge in [-0.1, -0.05) is 34.8 Å². The Morgan fingerprint density at radius 1 is 1.11 bits per heavy atom. The summed E-state index contributed by atoms with van der Waals surface area (Å²) in [5.74, 6) is -0.281. The lowest BCUT2D eigenvalue weighted by molar-refractivity contribution is -0.141. The van der Waals surface area contributed by atoms with Gasteiger partial charge in [0.1, 0.15) is 11.5 Å². The molecule has 0 saturated carbocycles. The first kappa shape index (κ1) is 20.9. The molecule has 148 valence electrons. The summed E-state index contributed by atoms with van der Waals surface area (Å²) in [4.78, 5) is 26.0. The first-order chi connectivity index (χ1) is 13.2. The smallest absolute Gasteiger partial charge is 0.264 e. The fourth-order valence-corrected chi connectivity index (χ4v) is 4.01. The predicted octanol–water partition coefficient (Wildman–Crippen LogP) is 4.63. The first-order valence-electron chi connectivity index (χ1n) is 8.64. The van der Waals surface area contributed by atoms with E-state index in [2.05, 4.69) is 0 Å². The number of benzene rings is 2. The SMILES string of the molecule is CC(=O)CC1(O)C(=O)N(CCCOc2ccc(Cl)cc2)c2c(Cl)ccc(Cl)c21. The number of anilines is 1. The minimum Gasteiger partial charge on any atom is -0.494 e. The van der Waals surface area contributed by atoms with Crippen LogP contribution in [0.5, 0.6) is 5.75 Å². The lowest BCUT2D eigenvalue weighted by Crippen LogP contribution is -2.42. The molecule has 1 atom stereocenters. The average Bonchev–Trinajstić information content (AvgIpc) is 2.85. The molecule has 1 aliphatic rings. The summed E-state index contributed by atoms with van der Waals surface area (Å²) in [5.41, 5.74) is -1.49. The van der Waals surface area contributed by atoms with Crippen LogP contribution in [0.4, 0.5) is 5.69 Å². The molecule has 0 saturated heterocycles. The maximum Gasteiger partial charge on any atom is 0.264 e. The van der Waals surface area contributed by atoms with Crippen molar-refractivity contribution < 1.29 is 19.4 Å². The van der Waals surface area contributed by atoms with E-state index >= 15 is 0 Å². The molecule has 1 unspecified atom stereocenters. The first-order valence-corrected chi connectivity index (χ1v) is 9.78. The van der Waals surface area contributed by atoms with Crippen molar-refractivity contribution in [1.29, 1.82) is 0 Å². The molecule has 8 heteroatoms. The number of fused-ring (bicyclic) bond motifs is 1. The molecule has 28 heavy (non-hydrogen) atoms. The molecule has 0 aromatic heterocycles. The fourth-order valence-electron chi connectivity index (χ4n) is 3.31. The maximum atomic E-state index is 13.0. The Hall–Kier alpha value is -1.79. The van der Waals surface area contributed by atoms with E-state index in [1.807, 2.05) is 0 Å². The number of amides is 1. The number of halogens is 3. The third-order valence-corrected chi connectivity index (χ3v) is 5.35. The zero-order valence-corrected chi connectivity index (χ0v) is 17.3. The van der Waals surface area contributed by atoms with Gasteiger partial charge in [-0.05, 0) is 49.7 Å². The molecule has 0 bridgehead atoms. The van der Waals surface area contributed by atoms with Crippen LogP contribution in [0.25, 0.3) is 0 Å². The summed E-state index contributed by atoms with van der Waals surface area (Å²) >= 11 is 18.4. The standard InChI is InChI=1S/C20H18Cl3NO4/c1-12(25)11-20(27)17-15(22)7-8-16(23)18(17)24(19(20)26)9-2-10-28-14-5-3-13(21)4-6-14/h3-8,27H,2,9-11H2,1H3. The van der Waals surface area contributed by atoms with Crippen LogP contribution in [-0.2, 0) is 15.2 Å². The second-order valence-electron chi connectivity index (χ2n) is 6.60. The summed E-state index contributed by atoms with van der Waals surface area (Å²) in [6.45, 7) is 1.90. The summed E-state index contributed by atoms with van der Waals surface area (Å²) < 4.78 is 5.64. The lowest BCUT2D eigenvalue weighted by atomic mass is 9.90. The zero-order valence-electron chi connectivity index (χ0n) is 15.0. The fraction of sp³-hybridized carbons (Fsp3) is 0.300. The van der Waals surface area contributed by atoms with E-state index in [0.29, 0.717) is 29.5 Å². The number of carbonyl (C=O) groups excluding carboxylic acids is 2. The highest BCUT2D eigenvalue weighted by molar-refractivity contribution is 6.38. The van der Waals surface area contributed by atoms with Gasteiger partial charge in [0.05, 0.1) is 17.3 Å². The van der Waals surface area contributed by atoms with Gasteiger partial charge in [0, 0.05) is 28.6 Å². The number of nitrogens with zero attached hydrogens (tertiary/aromatic N) is 1. The molecule has 5 nitrogen and oxygen atoms in total. The van der Waals surface area contributed by atoms with Crippen LogP contribution < -0.4 is 9.64 Å². The van der Waals surface area contributed by atoms with E-state index in [-0.39, 0.29) is 34.4 Å². The van der Waals surface area contributed by atoms with Gasteiger partial charge in [0.2, 0.25) is 0 Å². The number of aliphatic hydroxyl groups is 1. The molecule has 2 aromatic carbocycles. The van der Waals surface area contributed by atoms with Crippen LogP contribution >= 0.6 is 34.8 Å². The third kappa shape index (κ3) is 3.98. The van der Waals surface area contributed by atoms with E-state index in [4.69, 9.17) is 39.5 Å². The van der Waals surface area contributed by atoms with E-state index in [1.54, 1.807) is 30.3 Å². The third-order valence-electron chi connectivity index (χ3n) is 4.47. The maximum absolute atomic E-state index is 13.0. The largest absolute Gasteiger partial charge is 0.494 e. The minimum atomic E-state index is -2.01. The Balaban J connectivity index is 1.78. The Morgan fingerprint density at radius 3 is 2.39 bits per heavy atom. The Labute approximate surface area is 177 Å². The summed E-state index contributed by atoms with van der Waals surface area (Å²) in [7, 11) is 0. The van der Waals surface area contributed by atoms with Crippen molar-refractivity contribution in [3.8, 4) is 5.75 Å². The minimum absolute atomic E-state index is 0.181. The summed E-state index contributed by atoms with van der Waals surface area (Å²) in [6.07, 6.45) is 0.115. The number of hydrogen-bond donors (Lipinski definition) is 1. The molecule has 1 aliphatic heterocycles. The molecule has 3 rings (SSSR count). The van der Waals surface area contributed by atoms with Crippen molar-refractivity contribution in [1.82, 2.24) is 0 Å². The summed E-state index contributed by atoms with van der Waals surface area (Å²) in [6, 6.07) is 10.0. The van der Waals surface area contributed by atoms with E-state index in [9.17, 15) is 14.7 Å². The Bertz CT molecular complexity index is 916. The summed E-state index contributed by atoms with van der Waals surface area (Å²) in [5, 5.41) is 12.1. The number of rotatable bonds is 7. The highest BCUT2D eigenvalue weighted by Crippen LogP contribution is 2.49. The highest BCUT2D eigenvalue weighted by atomic mass is 35.5. The number of ketones is 1. The van der Waals surface area contributed by atoms with Gasteiger partial charge in [0.25, 0.3) is 5.91 Å². The van der Waals surface area contributed by atoms with Crippen molar-refractivity contribution >= 4 is 52.2 Å². The molecule has 0 aliphatic carbocycles. The van der Waals surface area contributed by atoms with Gasteiger partial charge in [-0.3, -0.25) is 9.59 Å². The zero-order chi connectivity index (χ0) is 20.5. The molecule has 0 fully saturated rings. The Morgan fingerprint density at radius 2 is 1.75 bits per heavy atom. The second kappa shape index (κ2) is 8.29. The number of hydrogen-bond acceptors (Lipinski definition) is 4. The van der Waals surface area contributed by atoms with Crippen LogP contribution in [0, 0.1) is 0 Å². The molecule has 1 amide bonds. The normalized spacial score (nSPS) is 18.3. The van der Waals surface area contributed by atoms with Gasteiger partial charge in [-0.25, -0.2) is 0 Å². The monoisotopic (exact) mass is 441 g/mol. The lowest BCUT2D eigenvalue weighted by Gasteiger charge is -2.22. The van der Waals surface area contributed by atoms with Crippen LogP contribution in [0.3, 0.4) is 0 Å². The quantitative estimate of drug-likeness (QED) is 0.635. The number of carbonyl (C=O) groups is 2. The van der Waals surface area contributed by atoms with Crippen LogP contribution in [0.1, 0.15) is 25.3 Å². The molecule has 1 heterocycles. The molecule has 0 radical (unpaired) electrons. The van der Waals surface area contributed by atoms with Crippen LogP contribution in [0.2, 0.25) is 15.1 Å². The molecular weight excluding hydrogens is 425 g/mol. The van der Waals surface area contributed by atoms with Gasteiger partial charge in [-0.2, -0.15) is 0 Å². The number of ether oxygens (including phenoxy) is 1. The molecular formula is C20H18Cl3NO4. The van der Waals surface area contributed by atoms with Crippen LogP contribution in [0.15, 0.2) is 36.4 Å². The average molecular weight is 443 g/mol. The van der Waals surface area contributed by atoms with Crippen molar-refractivity contribution in [2.45, 2.75) is 25.4 Å². The highest BCUT2D eigenvalue weighted by Gasteiger charge is 2.52. The molecule has 0 spiro atoms. The van der Waals surface area contributed by atoms with Crippen molar-refractivity contribution in [3.63, 3.8) is 0 Å². The Kier molecular flexibility index (Phi) is 6.20. The van der Waals surface area contributed by atoms with Gasteiger partial charge in [-0.15, -0.1) is 0 Å². The van der Waals surface area contributed by atoms with Gasteiger partial charge in [0.15, 0.2) is 5.60 Å². The van der Waals surface area contributed by atoms with Crippen molar-refractivity contribution in [2.75, 3.05) is 18.1 Å². The van der Waals surface area contributed by atoms with Gasteiger partial charge >= 0.3 is 0 Å². The molecule has 2 aromatic rings.